The zero-order valence-electron chi connectivity index (χ0n) is 17.1. The minimum atomic E-state index is -0.350. The molecule has 0 unspecified atom stereocenters. The summed E-state index contributed by atoms with van der Waals surface area (Å²) in [7, 11) is 1.60. The zero-order chi connectivity index (χ0) is 21.8. The van der Waals surface area contributed by atoms with Crippen LogP contribution in [0.2, 0.25) is 0 Å². The lowest BCUT2D eigenvalue weighted by Crippen LogP contribution is -2.17. The van der Waals surface area contributed by atoms with Gasteiger partial charge in [0.25, 0.3) is 5.56 Å². The molecule has 8 nitrogen and oxygen atoms in total. The van der Waals surface area contributed by atoms with E-state index in [4.69, 9.17) is 4.74 Å². The number of carbonyl (C=O) groups excluding carboxylic acids is 1. The minimum Gasteiger partial charge on any atom is -0.497 e. The Bertz CT molecular complexity index is 1260. The molecule has 4 aromatic rings. The highest BCUT2D eigenvalue weighted by molar-refractivity contribution is 7.99. The number of rotatable bonds is 7. The Morgan fingerprint density at radius 1 is 1.16 bits per heavy atom. The monoisotopic (exact) mass is 435 g/mol. The number of nitrogens with zero attached hydrogens (tertiary/aromatic N) is 3. The number of nitrogens with one attached hydrogen (secondary N) is 2. The van der Waals surface area contributed by atoms with Gasteiger partial charge in [-0.3, -0.25) is 9.59 Å². The maximum absolute atomic E-state index is 12.4. The Labute approximate surface area is 182 Å². The Balaban J connectivity index is 1.51. The van der Waals surface area contributed by atoms with Crippen LogP contribution in [0.15, 0.2) is 64.5 Å². The van der Waals surface area contributed by atoms with Gasteiger partial charge in [0, 0.05) is 11.3 Å². The number of H-pyrrole nitrogens is 1. The van der Waals surface area contributed by atoms with E-state index in [0.717, 1.165) is 23.4 Å². The highest BCUT2D eigenvalue weighted by atomic mass is 32.2. The Kier molecular flexibility index (Phi) is 6.03. The number of thioether (sulfide) groups is 1. The highest BCUT2D eigenvalue weighted by Crippen LogP contribution is 2.23. The predicted octanol–water partition coefficient (Wildman–Crippen LogP) is 3.39. The number of benzene rings is 2. The van der Waals surface area contributed by atoms with Crippen molar-refractivity contribution in [1.29, 1.82) is 0 Å². The molecule has 0 saturated carbocycles. The van der Waals surface area contributed by atoms with E-state index in [1.807, 2.05) is 48.5 Å². The average molecular weight is 436 g/mol. The molecule has 0 fully saturated rings. The molecule has 31 heavy (non-hydrogen) atoms. The fraction of sp³-hybridized carbons (Fsp3) is 0.182. The summed E-state index contributed by atoms with van der Waals surface area (Å²) in [5, 5.41) is 14.3. The van der Waals surface area contributed by atoms with Crippen molar-refractivity contribution in [1.82, 2.24) is 19.8 Å². The second-order valence-corrected chi connectivity index (χ2v) is 7.72. The molecule has 0 saturated heterocycles. The normalized spacial score (nSPS) is 10.9. The quantitative estimate of drug-likeness (QED) is 0.432. The van der Waals surface area contributed by atoms with Gasteiger partial charge in [-0.1, -0.05) is 30.8 Å². The average Bonchev–Trinajstić information content (AvgIpc) is 3.26. The van der Waals surface area contributed by atoms with E-state index < -0.39 is 0 Å². The van der Waals surface area contributed by atoms with Gasteiger partial charge >= 0.3 is 0 Å². The lowest BCUT2D eigenvalue weighted by molar-refractivity contribution is -0.113. The van der Waals surface area contributed by atoms with Crippen molar-refractivity contribution in [3.05, 3.63) is 70.5 Å². The molecule has 9 heteroatoms. The number of aromatic nitrogens is 4. The van der Waals surface area contributed by atoms with Crippen LogP contribution in [0.5, 0.6) is 5.75 Å². The molecule has 4 rings (SSSR count). The van der Waals surface area contributed by atoms with E-state index in [0.29, 0.717) is 16.4 Å². The van der Waals surface area contributed by atoms with Gasteiger partial charge < -0.3 is 10.1 Å². The van der Waals surface area contributed by atoms with Crippen molar-refractivity contribution in [2.24, 2.45) is 0 Å². The summed E-state index contributed by atoms with van der Waals surface area (Å²) in [5.41, 5.74) is 3.43. The first-order chi connectivity index (χ1) is 15.1. The first-order valence-corrected chi connectivity index (χ1v) is 10.7. The van der Waals surface area contributed by atoms with Gasteiger partial charge in [0.1, 0.15) is 11.3 Å². The number of aryl methyl sites for hydroxylation is 1. The highest BCUT2D eigenvalue weighted by Gasteiger charge is 2.14. The Hall–Kier alpha value is -3.59. The summed E-state index contributed by atoms with van der Waals surface area (Å²) in [6.07, 6.45) is 0.945. The molecule has 0 aliphatic heterocycles. The van der Waals surface area contributed by atoms with Gasteiger partial charge in [0.05, 0.1) is 18.6 Å². The van der Waals surface area contributed by atoms with E-state index in [2.05, 4.69) is 27.5 Å². The van der Waals surface area contributed by atoms with Crippen LogP contribution in [0.25, 0.3) is 16.8 Å². The lowest BCUT2D eigenvalue weighted by Gasteiger charge is -2.06. The van der Waals surface area contributed by atoms with Gasteiger partial charge in [-0.15, -0.1) is 5.10 Å². The molecular formula is C22H21N5O3S. The van der Waals surface area contributed by atoms with Crippen molar-refractivity contribution in [3.8, 4) is 17.0 Å². The topological polar surface area (TPSA) is 101 Å². The summed E-state index contributed by atoms with van der Waals surface area (Å²) in [4.78, 5) is 24.6. The third-order valence-corrected chi connectivity index (χ3v) is 5.67. The second-order valence-electron chi connectivity index (χ2n) is 6.78. The van der Waals surface area contributed by atoms with Crippen LogP contribution < -0.4 is 15.6 Å². The number of methoxy groups -OCH3 is 1. The molecule has 2 heterocycles. The van der Waals surface area contributed by atoms with E-state index in [-0.39, 0.29) is 17.2 Å². The summed E-state index contributed by atoms with van der Waals surface area (Å²) in [6.45, 7) is 2.08. The van der Waals surface area contributed by atoms with Crippen LogP contribution in [-0.2, 0) is 11.2 Å². The SMILES string of the molecule is CCc1ccc(NC(=O)CSc2n[nH]c(=O)c3cc(-c4ccc(OC)cc4)nn23)cc1. The van der Waals surface area contributed by atoms with Crippen molar-refractivity contribution >= 4 is 28.9 Å². The van der Waals surface area contributed by atoms with Gasteiger partial charge in [0.2, 0.25) is 11.1 Å². The number of ether oxygens (including phenoxy) is 1. The van der Waals surface area contributed by atoms with Crippen LogP contribution >= 0.6 is 11.8 Å². The van der Waals surface area contributed by atoms with Gasteiger partial charge in [-0.25, -0.2) is 9.61 Å². The fourth-order valence-corrected chi connectivity index (χ4v) is 3.74. The van der Waals surface area contributed by atoms with Crippen molar-refractivity contribution in [3.63, 3.8) is 0 Å². The number of hydrogen-bond acceptors (Lipinski definition) is 6. The van der Waals surface area contributed by atoms with Gasteiger partial charge in [-0.05, 0) is 54.4 Å². The lowest BCUT2D eigenvalue weighted by atomic mass is 10.1. The van der Waals surface area contributed by atoms with Crippen molar-refractivity contribution in [2.75, 3.05) is 18.2 Å². The van der Waals surface area contributed by atoms with Crippen LogP contribution in [0, 0.1) is 0 Å². The molecule has 0 aliphatic rings. The molecule has 0 aliphatic carbocycles. The van der Waals surface area contributed by atoms with Gasteiger partial charge in [0.15, 0.2) is 0 Å². The summed E-state index contributed by atoms with van der Waals surface area (Å²) in [5.74, 6) is 0.693. The molecule has 0 bridgehead atoms. The maximum atomic E-state index is 12.4. The summed E-state index contributed by atoms with van der Waals surface area (Å²) >= 11 is 1.20. The molecule has 0 atom stereocenters. The van der Waals surface area contributed by atoms with Crippen LogP contribution in [-0.4, -0.2) is 38.6 Å². The van der Waals surface area contributed by atoms with Crippen LogP contribution in [0.4, 0.5) is 5.69 Å². The second kappa shape index (κ2) is 9.05. The largest absolute Gasteiger partial charge is 0.497 e. The number of hydrogen-bond donors (Lipinski definition) is 2. The number of anilines is 1. The number of fused-ring (bicyclic) bond motifs is 1. The number of carbonyl (C=O) groups is 1. The first-order valence-electron chi connectivity index (χ1n) is 9.72. The molecule has 158 valence electrons. The van der Waals surface area contributed by atoms with Gasteiger partial charge in [-0.2, -0.15) is 5.10 Å². The Morgan fingerprint density at radius 2 is 1.90 bits per heavy atom. The van der Waals surface area contributed by atoms with Crippen LogP contribution in [0.1, 0.15) is 12.5 Å². The molecule has 2 aromatic carbocycles. The van der Waals surface area contributed by atoms with E-state index in [9.17, 15) is 9.59 Å². The fourth-order valence-electron chi connectivity index (χ4n) is 3.04. The zero-order valence-corrected chi connectivity index (χ0v) is 17.9. The van der Waals surface area contributed by atoms with E-state index >= 15 is 0 Å². The molecule has 0 radical (unpaired) electrons. The third kappa shape index (κ3) is 4.61. The standard InChI is InChI=1S/C22H21N5O3S/c1-3-14-4-8-16(9-5-14)23-20(28)13-31-22-25-24-21(29)19-12-18(26-27(19)22)15-6-10-17(30-2)11-7-15/h4-12H,3,13H2,1-2H3,(H,23,28)(H,24,29). The molecule has 0 spiro atoms. The molecule has 2 N–H and O–H groups in total. The van der Waals surface area contributed by atoms with Crippen molar-refractivity contribution < 1.29 is 9.53 Å². The smallest absolute Gasteiger partial charge is 0.290 e. The maximum Gasteiger partial charge on any atom is 0.290 e. The molecule has 1 amide bonds. The van der Waals surface area contributed by atoms with Crippen LogP contribution in [0.3, 0.4) is 0 Å². The van der Waals surface area contributed by atoms with E-state index in [1.54, 1.807) is 13.2 Å². The molecular weight excluding hydrogens is 414 g/mol. The Morgan fingerprint density at radius 3 is 2.58 bits per heavy atom. The van der Waals surface area contributed by atoms with Crippen molar-refractivity contribution in [2.45, 2.75) is 18.5 Å². The molecule has 2 aromatic heterocycles. The number of aromatic amines is 1. The summed E-state index contributed by atoms with van der Waals surface area (Å²) in [6, 6.07) is 16.8. The number of amides is 1. The summed E-state index contributed by atoms with van der Waals surface area (Å²) < 4.78 is 6.64. The predicted molar refractivity (Wildman–Crippen MR) is 121 cm³/mol. The minimum absolute atomic E-state index is 0.126. The third-order valence-electron chi connectivity index (χ3n) is 4.74. The first kappa shape index (κ1) is 20.7. The van der Waals surface area contributed by atoms with E-state index in [1.165, 1.54) is 21.8 Å².